The van der Waals surface area contributed by atoms with Gasteiger partial charge in [-0.2, -0.15) is 19.6 Å². The third kappa shape index (κ3) is 3.02. The molecule has 3 fully saturated rings. The van der Waals surface area contributed by atoms with Crippen molar-refractivity contribution in [2.45, 2.75) is 115 Å². The summed E-state index contributed by atoms with van der Waals surface area (Å²) in [6.45, 7) is 5.65. The molecule has 3 heterocycles. The Labute approximate surface area is 155 Å². The molecule has 0 amide bonds. The van der Waals surface area contributed by atoms with E-state index in [1.165, 1.54) is 44.9 Å². The number of fused-ring (bicyclic) bond motifs is 1. The van der Waals surface area contributed by atoms with Crippen LogP contribution in [0, 0.1) is 0 Å². The number of carbonyl (C=O) groups is 1. The lowest BCUT2D eigenvalue weighted by atomic mass is 9.77. The number of hydrogen-bond acceptors (Lipinski definition) is 7. The minimum Gasteiger partial charge on any atom is -0.296 e. The van der Waals surface area contributed by atoms with Crippen LogP contribution in [0.3, 0.4) is 0 Å². The van der Waals surface area contributed by atoms with Gasteiger partial charge in [0.15, 0.2) is 11.9 Å². The van der Waals surface area contributed by atoms with Crippen LogP contribution in [0.2, 0.25) is 0 Å². The molecule has 26 heavy (non-hydrogen) atoms. The summed E-state index contributed by atoms with van der Waals surface area (Å²) >= 11 is 0. The van der Waals surface area contributed by atoms with Crippen LogP contribution in [0.25, 0.3) is 0 Å². The van der Waals surface area contributed by atoms with E-state index in [2.05, 4.69) is 6.92 Å². The van der Waals surface area contributed by atoms with Crippen LogP contribution in [0.15, 0.2) is 0 Å². The second kappa shape index (κ2) is 8.20. The highest BCUT2D eigenvalue weighted by Crippen LogP contribution is 2.63. The number of Topliss-reactive ketones (excluding diaryl/α,β-unsaturated/α-hetero) is 1. The smallest absolute Gasteiger partial charge is 0.296 e. The van der Waals surface area contributed by atoms with Crippen LogP contribution in [-0.4, -0.2) is 29.1 Å². The van der Waals surface area contributed by atoms with Crippen molar-refractivity contribution < 1.29 is 34.1 Å². The van der Waals surface area contributed by atoms with Crippen molar-refractivity contribution in [2.75, 3.05) is 0 Å². The summed E-state index contributed by atoms with van der Waals surface area (Å²) in [5.41, 5.74) is -1.24. The Morgan fingerprint density at radius 1 is 0.808 bits per heavy atom. The van der Waals surface area contributed by atoms with Gasteiger partial charge in [-0.05, 0) is 13.3 Å². The van der Waals surface area contributed by atoms with Gasteiger partial charge in [0.1, 0.15) is 0 Å². The summed E-state index contributed by atoms with van der Waals surface area (Å²) in [4.78, 5) is 43.5. The van der Waals surface area contributed by atoms with E-state index in [0.29, 0.717) is 6.42 Å². The largest absolute Gasteiger partial charge is 0.333 e. The number of ketones is 1. The van der Waals surface area contributed by atoms with E-state index < -0.39 is 17.2 Å². The Kier molecular flexibility index (Phi) is 6.37. The Morgan fingerprint density at radius 3 is 1.85 bits per heavy atom. The van der Waals surface area contributed by atoms with E-state index in [4.69, 9.17) is 29.3 Å². The fourth-order valence-electron chi connectivity index (χ4n) is 3.91. The van der Waals surface area contributed by atoms with E-state index in [-0.39, 0.29) is 11.9 Å². The molecule has 0 aromatic rings. The van der Waals surface area contributed by atoms with Gasteiger partial charge in [-0.3, -0.25) is 4.79 Å². The number of rotatable bonds is 12. The molecule has 0 N–H and O–H groups in total. The van der Waals surface area contributed by atoms with Crippen LogP contribution < -0.4 is 0 Å². The van der Waals surface area contributed by atoms with Crippen molar-refractivity contribution >= 4 is 5.78 Å². The average molecular weight is 372 g/mol. The van der Waals surface area contributed by atoms with Gasteiger partial charge in [0, 0.05) is 6.42 Å². The minimum absolute atomic E-state index is 0.122. The zero-order valence-electron chi connectivity index (χ0n) is 16.2. The molecule has 0 bridgehead atoms. The zero-order chi connectivity index (χ0) is 18.7. The first-order chi connectivity index (χ1) is 12.6. The van der Waals surface area contributed by atoms with Crippen molar-refractivity contribution in [3.05, 3.63) is 0 Å². The monoisotopic (exact) mass is 372 g/mol. The van der Waals surface area contributed by atoms with Crippen molar-refractivity contribution in [3.63, 3.8) is 0 Å². The summed E-state index contributed by atoms with van der Waals surface area (Å²) in [6, 6.07) is 0. The zero-order valence-corrected chi connectivity index (χ0v) is 16.2. The number of hydrogen-bond donors (Lipinski definition) is 0. The maximum absolute atomic E-state index is 12.2. The molecule has 7 nitrogen and oxygen atoms in total. The Balaban J connectivity index is 1.39. The molecule has 7 heteroatoms. The van der Waals surface area contributed by atoms with Crippen molar-refractivity contribution in [1.29, 1.82) is 0 Å². The molecule has 0 aliphatic carbocycles. The first-order valence-electron chi connectivity index (χ1n) is 10.2. The number of carbonyl (C=O) groups excluding carboxylic acids is 1. The lowest BCUT2D eigenvalue weighted by Gasteiger charge is -2.67. The summed E-state index contributed by atoms with van der Waals surface area (Å²) in [6.07, 6.45) is 12.0. The molecule has 150 valence electrons. The fourth-order valence-corrected chi connectivity index (χ4v) is 3.91. The lowest BCUT2D eigenvalue weighted by molar-refractivity contribution is -0.836. The molecule has 0 saturated carbocycles. The van der Waals surface area contributed by atoms with Gasteiger partial charge in [0.05, 0.1) is 0 Å². The van der Waals surface area contributed by atoms with E-state index >= 15 is 0 Å². The number of unbranched alkanes of at least 4 members (excludes halogenated alkanes) is 8. The van der Waals surface area contributed by atoms with Crippen LogP contribution in [-0.2, 0) is 34.1 Å². The highest BCUT2D eigenvalue weighted by atomic mass is 17.5. The fraction of sp³-hybridized carbons (Fsp3) is 0.947. The molecule has 3 saturated heterocycles. The van der Waals surface area contributed by atoms with Crippen molar-refractivity contribution in [1.82, 2.24) is 0 Å². The molecule has 3 aliphatic rings. The first kappa shape index (κ1) is 20.2. The summed E-state index contributed by atoms with van der Waals surface area (Å²) in [5.74, 6) is -2.69. The minimum atomic E-state index is -1.37. The predicted molar refractivity (Wildman–Crippen MR) is 91.3 cm³/mol. The van der Waals surface area contributed by atoms with E-state index in [9.17, 15) is 4.79 Å². The Hall–Kier alpha value is -0.570. The predicted octanol–water partition coefficient (Wildman–Crippen LogP) is 4.29. The van der Waals surface area contributed by atoms with Crippen LogP contribution in [0.1, 0.15) is 91.4 Å². The van der Waals surface area contributed by atoms with Gasteiger partial charge in [0.2, 0.25) is 5.60 Å². The van der Waals surface area contributed by atoms with Crippen LogP contribution in [0.4, 0.5) is 0 Å². The Morgan fingerprint density at radius 2 is 1.42 bits per heavy atom. The quantitative estimate of drug-likeness (QED) is 0.374. The van der Waals surface area contributed by atoms with Gasteiger partial charge in [-0.25, -0.2) is 9.78 Å². The maximum atomic E-state index is 12.2. The van der Waals surface area contributed by atoms with Gasteiger partial charge in [-0.1, -0.05) is 71.6 Å². The standard InChI is InChI=1S/C19H32O7/c1-4-6-7-8-9-10-11-12-13-14-16-18(23-21-16)19(26-24-18)17(3,22-25-19)15(20)5-2/h16H,4-14H2,1-3H3. The highest BCUT2D eigenvalue weighted by molar-refractivity contribution is 5.88. The molecule has 0 aromatic carbocycles. The highest BCUT2D eigenvalue weighted by Gasteiger charge is 2.91. The Bertz CT molecular complexity index is 490. The van der Waals surface area contributed by atoms with Gasteiger partial charge in [0.25, 0.3) is 0 Å². The normalized spacial score (nSPS) is 38.0. The molecule has 0 radical (unpaired) electrons. The van der Waals surface area contributed by atoms with Gasteiger partial charge in [-0.15, -0.1) is 0 Å². The third-order valence-electron chi connectivity index (χ3n) is 5.83. The topological polar surface area (TPSA) is 72.5 Å². The molecule has 0 aromatic heterocycles. The van der Waals surface area contributed by atoms with Crippen LogP contribution >= 0.6 is 0 Å². The van der Waals surface area contributed by atoms with E-state index in [1.54, 1.807) is 13.8 Å². The third-order valence-corrected chi connectivity index (χ3v) is 5.83. The first-order valence-corrected chi connectivity index (χ1v) is 10.2. The van der Waals surface area contributed by atoms with Crippen LogP contribution in [0.5, 0.6) is 0 Å². The van der Waals surface area contributed by atoms with E-state index in [0.717, 1.165) is 19.3 Å². The van der Waals surface area contributed by atoms with Crippen molar-refractivity contribution in [3.8, 4) is 0 Å². The summed E-state index contributed by atoms with van der Waals surface area (Å²) in [5, 5.41) is 0. The summed E-state index contributed by atoms with van der Waals surface area (Å²) in [7, 11) is 0. The molecule has 4 unspecified atom stereocenters. The molecule has 3 rings (SSSR count). The van der Waals surface area contributed by atoms with Crippen molar-refractivity contribution in [2.24, 2.45) is 0 Å². The molecular weight excluding hydrogens is 340 g/mol. The molecule has 4 atom stereocenters. The van der Waals surface area contributed by atoms with Gasteiger partial charge >= 0.3 is 11.6 Å². The van der Waals surface area contributed by atoms with E-state index in [1.807, 2.05) is 0 Å². The second-order valence-electron chi connectivity index (χ2n) is 7.71. The molecule has 3 aliphatic heterocycles. The average Bonchev–Trinajstić information content (AvgIpc) is 2.59. The summed E-state index contributed by atoms with van der Waals surface area (Å²) < 4.78 is 0. The second-order valence-corrected chi connectivity index (χ2v) is 7.71. The van der Waals surface area contributed by atoms with Gasteiger partial charge < -0.3 is 0 Å². The SMILES string of the molecule is CCCCCCCCCCCC1OOC12OOC21OOC1(C)C(=O)CC. The molecule has 2 spiro atoms. The molecular formula is C19H32O7. The maximum Gasteiger partial charge on any atom is 0.333 e. The lowest BCUT2D eigenvalue weighted by Crippen LogP contribution is -2.92.